The lowest BCUT2D eigenvalue weighted by Crippen LogP contribution is -2.54. The molecule has 0 N–H and O–H groups in total. The highest BCUT2D eigenvalue weighted by atomic mass is 32.2. The Morgan fingerprint density at radius 3 is 2.59 bits per heavy atom. The first-order valence-corrected chi connectivity index (χ1v) is 10.6. The molecule has 27 heavy (non-hydrogen) atoms. The van der Waals surface area contributed by atoms with Gasteiger partial charge in [-0.3, -0.25) is 0 Å². The third-order valence-corrected chi connectivity index (χ3v) is 7.83. The zero-order valence-electron chi connectivity index (χ0n) is 15.0. The van der Waals surface area contributed by atoms with Crippen molar-refractivity contribution in [3.05, 3.63) is 65.9 Å². The Morgan fingerprint density at radius 1 is 1.07 bits per heavy atom. The van der Waals surface area contributed by atoms with Crippen LogP contribution in [0.25, 0.3) is 11.0 Å². The summed E-state index contributed by atoms with van der Waals surface area (Å²) >= 11 is 0. The third-order valence-electron chi connectivity index (χ3n) is 5.90. The third kappa shape index (κ3) is 2.55. The van der Waals surface area contributed by atoms with Crippen LogP contribution in [0.3, 0.4) is 0 Å². The highest BCUT2D eigenvalue weighted by molar-refractivity contribution is 7.89. The molecule has 1 aliphatic heterocycles. The molecule has 2 bridgehead atoms. The molecule has 0 spiro atoms. The van der Waals surface area contributed by atoms with E-state index in [1.54, 1.807) is 35.7 Å². The zero-order valence-corrected chi connectivity index (χ0v) is 15.9. The number of fused-ring (bicyclic) bond motifs is 6. The van der Waals surface area contributed by atoms with E-state index < -0.39 is 10.0 Å². The number of nitrogens with zero attached hydrogens (tertiary/aromatic N) is 1. The van der Waals surface area contributed by atoms with E-state index >= 15 is 0 Å². The average molecular weight is 383 g/mol. The maximum atomic E-state index is 13.3. The summed E-state index contributed by atoms with van der Waals surface area (Å²) in [7, 11) is -1.92. The van der Waals surface area contributed by atoms with Crippen LogP contribution >= 0.6 is 0 Å². The number of para-hydroxylation sites is 1. The van der Waals surface area contributed by atoms with Crippen LogP contribution in [0, 0.1) is 0 Å². The van der Waals surface area contributed by atoms with Gasteiger partial charge in [0.15, 0.2) is 0 Å². The number of ether oxygens (including phenoxy) is 1. The Bertz CT molecular complexity index is 1090. The van der Waals surface area contributed by atoms with Crippen LogP contribution in [0.15, 0.2) is 63.9 Å². The smallest absolute Gasteiger partial charge is 0.243 e. The first-order chi connectivity index (χ1) is 13.1. The molecule has 3 aromatic rings. The van der Waals surface area contributed by atoms with Crippen molar-refractivity contribution in [2.24, 2.45) is 0 Å². The van der Waals surface area contributed by atoms with Crippen molar-refractivity contribution < 1.29 is 17.6 Å². The molecule has 0 radical (unpaired) electrons. The topological polar surface area (TPSA) is 59.8 Å². The fourth-order valence-corrected chi connectivity index (χ4v) is 6.27. The van der Waals surface area contributed by atoms with Crippen LogP contribution in [0.2, 0.25) is 0 Å². The summed E-state index contributed by atoms with van der Waals surface area (Å²) in [5, 5.41) is 1.08. The van der Waals surface area contributed by atoms with Gasteiger partial charge in [-0.1, -0.05) is 36.4 Å². The van der Waals surface area contributed by atoms with Crippen LogP contribution in [0.4, 0.5) is 0 Å². The van der Waals surface area contributed by atoms with Gasteiger partial charge in [-0.2, -0.15) is 4.31 Å². The quantitative estimate of drug-likeness (QED) is 0.694. The SMILES string of the molecule is CO[C@H]1CN(S(=O)(=O)c2ccccc2)[C@H]2Cc3c(oc4ccccc34)[C@@H]1C2. The molecule has 5 nitrogen and oxygen atoms in total. The minimum absolute atomic E-state index is 0.0818. The molecule has 1 aliphatic carbocycles. The van der Waals surface area contributed by atoms with E-state index in [2.05, 4.69) is 6.07 Å². The van der Waals surface area contributed by atoms with Crippen LogP contribution in [-0.4, -0.2) is 38.5 Å². The summed E-state index contributed by atoms with van der Waals surface area (Å²) in [6.07, 6.45) is 1.17. The number of furan rings is 1. The molecule has 140 valence electrons. The first-order valence-electron chi connectivity index (χ1n) is 9.19. The number of sulfonamides is 1. The lowest BCUT2D eigenvalue weighted by molar-refractivity contribution is 0.00917. The first kappa shape index (κ1) is 17.0. The second kappa shape index (κ2) is 6.19. The van der Waals surface area contributed by atoms with Crippen LogP contribution in [-0.2, 0) is 21.2 Å². The Kier molecular flexibility index (Phi) is 3.89. The largest absolute Gasteiger partial charge is 0.460 e. The van der Waals surface area contributed by atoms with Gasteiger partial charge in [0, 0.05) is 36.6 Å². The number of methoxy groups -OCH3 is 1. The lowest BCUT2D eigenvalue weighted by Gasteiger charge is -2.45. The molecule has 5 rings (SSSR count). The predicted octanol–water partition coefficient (Wildman–Crippen LogP) is 3.55. The number of hydrogen-bond acceptors (Lipinski definition) is 4. The van der Waals surface area contributed by atoms with Gasteiger partial charge in [-0.25, -0.2) is 8.42 Å². The van der Waals surface area contributed by atoms with E-state index in [-0.39, 0.29) is 18.1 Å². The average Bonchev–Trinajstić information content (AvgIpc) is 3.07. The van der Waals surface area contributed by atoms with Crippen molar-refractivity contribution in [2.45, 2.75) is 35.8 Å². The molecule has 6 heteroatoms. The van der Waals surface area contributed by atoms with E-state index in [1.165, 1.54) is 0 Å². The summed E-state index contributed by atoms with van der Waals surface area (Å²) in [5.74, 6) is 1.05. The Morgan fingerprint density at radius 2 is 1.81 bits per heavy atom. The highest BCUT2D eigenvalue weighted by Crippen LogP contribution is 2.46. The van der Waals surface area contributed by atoms with E-state index in [4.69, 9.17) is 9.15 Å². The van der Waals surface area contributed by atoms with Gasteiger partial charge in [-0.15, -0.1) is 0 Å². The Labute approximate surface area is 158 Å². The summed E-state index contributed by atoms with van der Waals surface area (Å²) in [6.45, 7) is 0.347. The standard InChI is InChI=1S/C21H21NO4S/c1-25-20-13-22(27(23,24)15-7-3-2-4-8-15)14-11-17-16-9-5-6-10-19(16)26-21(17)18(20)12-14/h2-10,14,18,20H,11-13H2,1H3/t14-,18+,20-/m0/s1. The van der Waals surface area contributed by atoms with E-state index in [0.29, 0.717) is 17.9 Å². The number of piperidine rings is 1. The molecule has 1 fully saturated rings. The van der Waals surface area contributed by atoms with Crippen LogP contribution < -0.4 is 0 Å². The monoisotopic (exact) mass is 383 g/mol. The summed E-state index contributed by atoms with van der Waals surface area (Å²) < 4.78 is 40.1. The molecule has 2 heterocycles. The molecular formula is C21H21NO4S. The van der Waals surface area contributed by atoms with Crippen molar-refractivity contribution >= 4 is 21.0 Å². The second-order valence-corrected chi connectivity index (χ2v) is 9.19. The molecule has 1 saturated heterocycles. The van der Waals surface area contributed by atoms with Crippen molar-refractivity contribution in [1.29, 1.82) is 0 Å². The maximum absolute atomic E-state index is 13.3. The van der Waals surface area contributed by atoms with E-state index in [9.17, 15) is 8.42 Å². The maximum Gasteiger partial charge on any atom is 0.243 e. The van der Waals surface area contributed by atoms with Gasteiger partial charge in [0.2, 0.25) is 10.0 Å². The predicted molar refractivity (Wildman–Crippen MR) is 102 cm³/mol. The van der Waals surface area contributed by atoms with Gasteiger partial charge < -0.3 is 9.15 Å². The molecule has 0 saturated carbocycles. The van der Waals surface area contributed by atoms with Crippen molar-refractivity contribution in [2.75, 3.05) is 13.7 Å². The van der Waals surface area contributed by atoms with Gasteiger partial charge in [0.25, 0.3) is 0 Å². The molecular weight excluding hydrogens is 362 g/mol. The van der Waals surface area contributed by atoms with Crippen LogP contribution in [0.1, 0.15) is 23.7 Å². The number of hydrogen-bond donors (Lipinski definition) is 0. The summed E-state index contributed by atoms with van der Waals surface area (Å²) in [6, 6.07) is 16.6. The van der Waals surface area contributed by atoms with Gasteiger partial charge in [-0.05, 0) is 31.0 Å². The molecule has 2 aliphatic rings. The Hall–Kier alpha value is -2.15. The fraction of sp³-hybridized carbons (Fsp3) is 0.333. The zero-order chi connectivity index (χ0) is 18.6. The van der Waals surface area contributed by atoms with Gasteiger partial charge >= 0.3 is 0 Å². The van der Waals surface area contributed by atoms with E-state index in [0.717, 1.165) is 28.7 Å². The minimum Gasteiger partial charge on any atom is -0.460 e. The summed E-state index contributed by atoms with van der Waals surface area (Å²) in [4.78, 5) is 0.334. The second-order valence-electron chi connectivity index (χ2n) is 7.30. The molecule has 0 amide bonds. The fourth-order valence-electron chi connectivity index (χ4n) is 4.60. The van der Waals surface area contributed by atoms with Crippen molar-refractivity contribution in [3.63, 3.8) is 0 Å². The summed E-state index contributed by atoms with van der Waals surface area (Å²) in [5.41, 5.74) is 1.99. The molecule has 3 atom stereocenters. The van der Waals surface area contributed by atoms with Gasteiger partial charge in [0.05, 0.1) is 11.0 Å². The minimum atomic E-state index is -3.57. The Balaban J connectivity index is 1.61. The highest BCUT2D eigenvalue weighted by Gasteiger charge is 2.47. The molecule has 1 aromatic heterocycles. The number of benzene rings is 2. The van der Waals surface area contributed by atoms with Crippen LogP contribution in [0.5, 0.6) is 0 Å². The lowest BCUT2D eigenvalue weighted by atomic mass is 9.78. The van der Waals surface area contributed by atoms with E-state index in [1.807, 2.05) is 24.3 Å². The van der Waals surface area contributed by atoms with Gasteiger partial charge in [0.1, 0.15) is 11.3 Å². The van der Waals surface area contributed by atoms with Crippen molar-refractivity contribution in [1.82, 2.24) is 4.31 Å². The molecule has 2 aromatic carbocycles. The van der Waals surface area contributed by atoms with Crippen molar-refractivity contribution in [3.8, 4) is 0 Å². The normalized spacial score (nSPS) is 25.4. The number of rotatable bonds is 3. The molecule has 0 unspecified atom stereocenters.